The van der Waals surface area contributed by atoms with Crippen LogP contribution in [0.25, 0.3) is 10.8 Å². The molecular formula is C19H18N2O3. The molecule has 0 unspecified atom stereocenters. The fourth-order valence-electron chi connectivity index (χ4n) is 2.50. The van der Waals surface area contributed by atoms with Crippen molar-refractivity contribution in [3.8, 4) is 5.75 Å². The number of carbonyl (C=O) groups excluding carboxylic acids is 1. The molecule has 0 atom stereocenters. The first-order valence-corrected chi connectivity index (χ1v) is 7.60. The quantitative estimate of drug-likeness (QED) is 0.742. The number of carbonyl (C=O) groups is 1. The Kier molecular flexibility index (Phi) is 4.33. The first kappa shape index (κ1) is 15.8. The van der Waals surface area contributed by atoms with Gasteiger partial charge in [0.25, 0.3) is 11.5 Å². The normalized spacial score (nSPS) is 10.6. The van der Waals surface area contributed by atoms with Crippen molar-refractivity contribution in [2.24, 2.45) is 7.05 Å². The summed E-state index contributed by atoms with van der Waals surface area (Å²) in [6.07, 6.45) is 1.69. The predicted octanol–water partition coefficient (Wildman–Crippen LogP) is 2.58. The van der Waals surface area contributed by atoms with Crippen molar-refractivity contribution in [2.45, 2.75) is 0 Å². The number of hydrogen-bond donors (Lipinski definition) is 0. The molecule has 0 aliphatic carbocycles. The van der Waals surface area contributed by atoms with Gasteiger partial charge >= 0.3 is 0 Å². The van der Waals surface area contributed by atoms with Crippen molar-refractivity contribution in [3.05, 3.63) is 71.1 Å². The number of amides is 1. The number of ether oxygens (including phenoxy) is 1. The standard InChI is InChI=1S/C19H18N2O3/c1-20-12-11-15-16(19(20)23)9-6-10-17(15)24-13-18(22)21(2)14-7-4-3-5-8-14/h3-12H,13H2,1-2H3. The molecule has 0 N–H and O–H groups in total. The Morgan fingerprint density at radius 2 is 1.79 bits per heavy atom. The third-order valence-corrected chi connectivity index (χ3v) is 3.95. The third kappa shape index (κ3) is 3.01. The zero-order valence-electron chi connectivity index (χ0n) is 13.6. The lowest BCUT2D eigenvalue weighted by Gasteiger charge is -2.18. The number of para-hydroxylation sites is 1. The van der Waals surface area contributed by atoms with Gasteiger partial charge in [-0.2, -0.15) is 0 Å². The maximum Gasteiger partial charge on any atom is 0.264 e. The molecule has 1 amide bonds. The maximum atomic E-state index is 12.3. The van der Waals surface area contributed by atoms with Crippen LogP contribution in [0.15, 0.2) is 65.6 Å². The van der Waals surface area contributed by atoms with E-state index in [2.05, 4.69) is 0 Å². The van der Waals surface area contributed by atoms with Gasteiger partial charge in [0.15, 0.2) is 6.61 Å². The summed E-state index contributed by atoms with van der Waals surface area (Å²) in [7, 11) is 3.41. The van der Waals surface area contributed by atoms with Crippen molar-refractivity contribution in [2.75, 3.05) is 18.6 Å². The molecule has 3 aromatic rings. The first-order valence-electron chi connectivity index (χ1n) is 7.60. The van der Waals surface area contributed by atoms with Crippen molar-refractivity contribution in [1.29, 1.82) is 0 Å². The van der Waals surface area contributed by atoms with E-state index in [0.717, 1.165) is 5.69 Å². The predicted molar refractivity (Wildman–Crippen MR) is 94.5 cm³/mol. The largest absolute Gasteiger partial charge is 0.483 e. The van der Waals surface area contributed by atoms with Gasteiger partial charge < -0.3 is 14.2 Å². The highest BCUT2D eigenvalue weighted by atomic mass is 16.5. The molecule has 3 rings (SSSR count). The van der Waals surface area contributed by atoms with E-state index in [-0.39, 0.29) is 18.1 Å². The highest BCUT2D eigenvalue weighted by Crippen LogP contribution is 2.23. The second-order valence-electron chi connectivity index (χ2n) is 5.53. The van der Waals surface area contributed by atoms with E-state index in [1.165, 1.54) is 4.57 Å². The molecule has 5 nitrogen and oxygen atoms in total. The molecule has 122 valence electrons. The van der Waals surface area contributed by atoms with Gasteiger partial charge in [-0.05, 0) is 30.3 Å². The van der Waals surface area contributed by atoms with E-state index in [9.17, 15) is 9.59 Å². The number of anilines is 1. The molecule has 0 saturated heterocycles. The molecule has 0 aliphatic heterocycles. The molecule has 0 bridgehead atoms. The minimum absolute atomic E-state index is 0.0920. The number of pyridine rings is 1. The molecule has 5 heteroatoms. The van der Waals surface area contributed by atoms with Crippen LogP contribution in [-0.2, 0) is 11.8 Å². The SMILES string of the molecule is CN(C(=O)COc1cccc2c(=O)n(C)ccc12)c1ccccc1. The Balaban J connectivity index is 1.80. The lowest BCUT2D eigenvalue weighted by Crippen LogP contribution is -2.31. The van der Waals surface area contributed by atoms with Crippen LogP contribution in [-0.4, -0.2) is 24.1 Å². The van der Waals surface area contributed by atoms with Gasteiger partial charge in [-0.1, -0.05) is 24.3 Å². The van der Waals surface area contributed by atoms with E-state index in [1.807, 2.05) is 36.4 Å². The number of aromatic nitrogens is 1. The fraction of sp³-hybridized carbons (Fsp3) is 0.158. The van der Waals surface area contributed by atoms with Crippen LogP contribution in [0.5, 0.6) is 5.75 Å². The van der Waals surface area contributed by atoms with Crippen molar-refractivity contribution in [3.63, 3.8) is 0 Å². The summed E-state index contributed by atoms with van der Waals surface area (Å²) in [5, 5.41) is 1.28. The van der Waals surface area contributed by atoms with E-state index in [0.29, 0.717) is 16.5 Å². The minimum Gasteiger partial charge on any atom is -0.483 e. The third-order valence-electron chi connectivity index (χ3n) is 3.95. The van der Waals surface area contributed by atoms with Crippen LogP contribution in [0.1, 0.15) is 0 Å². The van der Waals surface area contributed by atoms with Crippen molar-refractivity contribution < 1.29 is 9.53 Å². The second-order valence-corrected chi connectivity index (χ2v) is 5.53. The number of aryl methyl sites for hydroxylation is 1. The molecule has 0 radical (unpaired) electrons. The Labute approximate surface area is 139 Å². The average molecular weight is 322 g/mol. The summed E-state index contributed by atoms with van der Waals surface area (Å²) in [6.45, 7) is -0.0975. The topological polar surface area (TPSA) is 51.5 Å². The highest BCUT2D eigenvalue weighted by Gasteiger charge is 2.13. The molecule has 0 spiro atoms. The molecule has 24 heavy (non-hydrogen) atoms. The number of fused-ring (bicyclic) bond motifs is 1. The van der Waals surface area contributed by atoms with Crippen LogP contribution >= 0.6 is 0 Å². The average Bonchev–Trinajstić information content (AvgIpc) is 2.63. The molecule has 1 aromatic heterocycles. The van der Waals surface area contributed by atoms with Gasteiger partial charge in [0, 0.05) is 31.4 Å². The van der Waals surface area contributed by atoms with E-state index < -0.39 is 0 Å². The van der Waals surface area contributed by atoms with Crippen molar-refractivity contribution in [1.82, 2.24) is 4.57 Å². The summed E-state index contributed by atoms with van der Waals surface area (Å²) in [6, 6.07) is 16.5. The van der Waals surface area contributed by atoms with E-state index in [4.69, 9.17) is 4.74 Å². The lowest BCUT2D eigenvalue weighted by atomic mass is 10.1. The molecule has 0 aliphatic rings. The van der Waals surface area contributed by atoms with Crippen LogP contribution in [0.2, 0.25) is 0 Å². The van der Waals surface area contributed by atoms with Gasteiger partial charge in [0.2, 0.25) is 0 Å². The van der Waals surface area contributed by atoms with E-state index >= 15 is 0 Å². The molecule has 2 aromatic carbocycles. The first-order chi connectivity index (χ1) is 11.6. The summed E-state index contributed by atoms with van der Waals surface area (Å²) in [5.74, 6) is 0.363. The fourth-order valence-corrected chi connectivity index (χ4v) is 2.50. The molecule has 0 saturated carbocycles. The van der Waals surface area contributed by atoms with Crippen molar-refractivity contribution >= 4 is 22.4 Å². The molecule has 1 heterocycles. The maximum absolute atomic E-state index is 12.3. The Morgan fingerprint density at radius 3 is 2.54 bits per heavy atom. The number of nitrogens with zero attached hydrogens (tertiary/aromatic N) is 2. The monoisotopic (exact) mass is 322 g/mol. The summed E-state index contributed by atoms with van der Waals surface area (Å²) >= 11 is 0. The van der Waals surface area contributed by atoms with Crippen LogP contribution in [0.4, 0.5) is 5.69 Å². The smallest absolute Gasteiger partial charge is 0.264 e. The van der Waals surface area contributed by atoms with Gasteiger partial charge in [-0.3, -0.25) is 9.59 Å². The minimum atomic E-state index is -0.165. The molecular weight excluding hydrogens is 304 g/mol. The zero-order chi connectivity index (χ0) is 17.1. The summed E-state index contributed by atoms with van der Waals surface area (Å²) in [5.41, 5.74) is 0.712. The summed E-state index contributed by atoms with van der Waals surface area (Å²) < 4.78 is 7.19. The Hall–Kier alpha value is -3.08. The Morgan fingerprint density at radius 1 is 1.04 bits per heavy atom. The van der Waals surface area contributed by atoms with Crippen LogP contribution in [0, 0.1) is 0 Å². The summed E-state index contributed by atoms with van der Waals surface area (Å²) in [4.78, 5) is 26.0. The number of likely N-dealkylation sites (N-methyl/N-ethyl adjacent to an activating group) is 1. The Bertz CT molecular complexity index is 932. The van der Waals surface area contributed by atoms with Gasteiger partial charge in [0.1, 0.15) is 5.75 Å². The number of benzene rings is 2. The van der Waals surface area contributed by atoms with Crippen LogP contribution < -0.4 is 15.2 Å². The zero-order valence-corrected chi connectivity index (χ0v) is 13.6. The number of rotatable bonds is 4. The van der Waals surface area contributed by atoms with Crippen LogP contribution in [0.3, 0.4) is 0 Å². The number of hydrogen-bond acceptors (Lipinski definition) is 3. The van der Waals surface area contributed by atoms with E-state index in [1.54, 1.807) is 43.4 Å². The molecule has 0 fully saturated rings. The van der Waals surface area contributed by atoms with Gasteiger partial charge in [0.05, 0.1) is 5.39 Å². The van der Waals surface area contributed by atoms with Gasteiger partial charge in [-0.15, -0.1) is 0 Å². The second kappa shape index (κ2) is 6.58. The van der Waals surface area contributed by atoms with Gasteiger partial charge in [-0.25, -0.2) is 0 Å². The lowest BCUT2D eigenvalue weighted by molar-refractivity contribution is -0.120. The highest BCUT2D eigenvalue weighted by molar-refractivity contribution is 5.94.